The summed E-state index contributed by atoms with van der Waals surface area (Å²) in [6.07, 6.45) is 8.55. The molecule has 1 N–H and O–H groups in total. The van der Waals surface area contributed by atoms with E-state index in [4.69, 9.17) is 4.74 Å². The van der Waals surface area contributed by atoms with Crippen molar-refractivity contribution in [2.24, 2.45) is 0 Å². The predicted octanol–water partition coefficient (Wildman–Crippen LogP) is 3.05. The first-order valence-corrected chi connectivity index (χ1v) is 10.2. The van der Waals surface area contributed by atoms with Gasteiger partial charge in [0.25, 0.3) is 5.91 Å². The van der Waals surface area contributed by atoms with Crippen molar-refractivity contribution < 1.29 is 18.7 Å². The number of benzene rings is 1. The summed E-state index contributed by atoms with van der Waals surface area (Å²) in [4.78, 5) is 31.4. The zero-order valence-electron chi connectivity index (χ0n) is 16.6. The Bertz CT molecular complexity index is 930. The van der Waals surface area contributed by atoms with Crippen molar-refractivity contribution in [3.63, 3.8) is 0 Å². The Hall–Kier alpha value is -3.22. The third-order valence-corrected chi connectivity index (χ3v) is 5.51. The molecular formula is C23H24FN3O3. The number of amides is 2. The van der Waals surface area contributed by atoms with Crippen molar-refractivity contribution in [2.45, 2.75) is 44.4 Å². The summed E-state index contributed by atoms with van der Waals surface area (Å²) in [7, 11) is 0. The lowest BCUT2D eigenvalue weighted by Gasteiger charge is -2.44. The molecule has 2 unspecified atom stereocenters. The van der Waals surface area contributed by atoms with Gasteiger partial charge in [-0.2, -0.15) is 0 Å². The molecular weight excluding hydrogens is 385 g/mol. The number of hydrogen-bond acceptors (Lipinski definition) is 4. The molecule has 1 aliphatic carbocycles. The molecule has 7 heteroatoms. The fourth-order valence-corrected chi connectivity index (χ4v) is 3.99. The lowest BCUT2D eigenvalue weighted by atomic mass is 9.89. The number of hydrogen-bond donors (Lipinski definition) is 1. The smallest absolute Gasteiger partial charge is 0.289 e. The predicted molar refractivity (Wildman–Crippen MR) is 109 cm³/mol. The first-order valence-electron chi connectivity index (χ1n) is 10.2. The Morgan fingerprint density at radius 2 is 2.03 bits per heavy atom. The molecule has 1 aliphatic heterocycles. The average Bonchev–Trinajstić information content (AvgIpc) is 2.77. The minimum Gasteiger partial charge on any atom is -0.482 e. The highest BCUT2D eigenvalue weighted by atomic mass is 19.1. The minimum atomic E-state index is -0.340. The number of nitrogens with one attached hydrogen (secondary N) is 1. The maximum Gasteiger partial charge on any atom is 0.289 e. The summed E-state index contributed by atoms with van der Waals surface area (Å²) in [5, 5.41) is 2.86. The topological polar surface area (TPSA) is 71.5 Å². The third kappa shape index (κ3) is 4.67. The van der Waals surface area contributed by atoms with Gasteiger partial charge in [0.15, 0.2) is 5.76 Å². The number of nitrogens with zero attached hydrogens (tertiary/aromatic N) is 2. The van der Waals surface area contributed by atoms with Crippen LogP contribution in [0.2, 0.25) is 0 Å². The Balaban J connectivity index is 1.49. The van der Waals surface area contributed by atoms with Crippen LogP contribution in [0.15, 0.2) is 54.6 Å². The first-order chi connectivity index (χ1) is 14.6. The van der Waals surface area contributed by atoms with Crippen molar-refractivity contribution in [1.29, 1.82) is 0 Å². The highest BCUT2D eigenvalue weighted by molar-refractivity contribution is 5.98. The van der Waals surface area contributed by atoms with Crippen LogP contribution < -0.4 is 5.32 Å². The van der Waals surface area contributed by atoms with E-state index in [-0.39, 0.29) is 42.1 Å². The van der Waals surface area contributed by atoms with Crippen LogP contribution in [0.5, 0.6) is 0 Å². The third-order valence-electron chi connectivity index (χ3n) is 5.51. The number of morpholine rings is 1. The maximum absolute atomic E-state index is 13.2. The van der Waals surface area contributed by atoms with Gasteiger partial charge in [0, 0.05) is 18.9 Å². The van der Waals surface area contributed by atoms with Gasteiger partial charge >= 0.3 is 0 Å². The molecule has 2 amide bonds. The SMILES string of the molecule is O=C(CN1C(=O)/C(=C\c2ccc(F)cc2)OC2CCCCC21)NCc1cccnc1. The van der Waals surface area contributed by atoms with E-state index in [0.29, 0.717) is 12.1 Å². The summed E-state index contributed by atoms with van der Waals surface area (Å²) in [6, 6.07) is 9.45. The van der Waals surface area contributed by atoms with Crippen LogP contribution in [0.1, 0.15) is 36.8 Å². The molecule has 6 nitrogen and oxygen atoms in total. The molecule has 1 saturated carbocycles. The van der Waals surface area contributed by atoms with Gasteiger partial charge in [0.05, 0.1) is 6.04 Å². The number of rotatable bonds is 5. The largest absolute Gasteiger partial charge is 0.482 e. The summed E-state index contributed by atoms with van der Waals surface area (Å²) in [6.45, 7) is 0.335. The lowest BCUT2D eigenvalue weighted by Crippen LogP contribution is -2.57. The maximum atomic E-state index is 13.2. The molecule has 1 aromatic heterocycles. The monoisotopic (exact) mass is 409 g/mol. The van der Waals surface area contributed by atoms with Gasteiger partial charge < -0.3 is 15.0 Å². The van der Waals surface area contributed by atoms with Gasteiger partial charge in [-0.3, -0.25) is 14.6 Å². The average molecular weight is 409 g/mol. The van der Waals surface area contributed by atoms with E-state index in [1.54, 1.807) is 35.5 Å². The quantitative estimate of drug-likeness (QED) is 0.771. The number of pyridine rings is 1. The first kappa shape index (κ1) is 20.1. The Kier molecular flexibility index (Phi) is 6.07. The number of carbonyl (C=O) groups is 2. The lowest BCUT2D eigenvalue weighted by molar-refractivity contribution is -0.151. The summed E-state index contributed by atoms with van der Waals surface area (Å²) >= 11 is 0. The van der Waals surface area contributed by atoms with Crippen molar-refractivity contribution in [3.05, 3.63) is 71.5 Å². The van der Waals surface area contributed by atoms with Gasteiger partial charge in [-0.1, -0.05) is 24.6 Å². The van der Waals surface area contributed by atoms with Gasteiger partial charge in [0.1, 0.15) is 18.5 Å². The summed E-state index contributed by atoms with van der Waals surface area (Å²) in [5.41, 5.74) is 1.57. The van der Waals surface area contributed by atoms with E-state index in [9.17, 15) is 14.0 Å². The summed E-state index contributed by atoms with van der Waals surface area (Å²) in [5.74, 6) is -0.671. The minimum absolute atomic E-state index is 0.0234. The van der Waals surface area contributed by atoms with Crippen LogP contribution in [-0.2, 0) is 20.9 Å². The molecule has 0 radical (unpaired) electrons. The normalized spacial score (nSPS) is 22.4. The van der Waals surface area contributed by atoms with Crippen LogP contribution in [0.25, 0.3) is 6.08 Å². The molecule has 156 valence electrons. The van der Waals surface area contributed by atoms with Gasteiger partial charge in [0.2, 0.25) is 5.91 Å². The summed E-state index contributed by atoms with van der Waals surface area (Å²) < 4.78 is 19.2. The van der Waals surface area contributed by atoms with Crippen LogP contribution in [0, 0.1) is 5.82 Å². The fraction of sp³-hybridized carbons (Fsp3) is 0.348. The van der Waals surface area contributed by atoms with Crippen molar-refractivity contribution in [2.75, 3.05) is 6.54 Å². The van der Waals surface area contributed by atoms with E-state index in [1.165, 1.54) is 12.1 Å². The zero-order chi connectivity index (χ0) is 20.9. The number of ether oxygens (including phenoxy) is 1. The van der Waals surface area contributed by atoms with Crippen molar-refractivity contribution in [1.82, 2.24) is 15.2 Å². The van der Waals surface area contributed by atoms with Crippen LogP contribution in [0.4, 0.5) is 4.39 Å². The molecule has 0 bridgehead atoms. The van der Waals surface area contributed by atoms with Crippen LogP contribution in [-0.4, -0.2) is 40.4 Å². The molecule has 1 saturated heterocycles. The molecule has 2 aliphatic rings. The second-order valence-corrected chi connectivity index (χ2v) is 7.64. The molecule has 0 spiro atoms. The number of carbonyl (C=O) groups excluding carboxylic acids is 2. The van der Waals surface area contributed by atoms with Crippen LogP contribution >= 0.6 is 0 Å². The fourth-order valence-electron chi connectivity index (χ4n) is 3.99. The van der Waals surface area contributed by atoms with E-state index < -0.39 is 0 Å². The van der Waals surface area contributed by atoms with Crippen molar-refractivity contribution >= 4 is 17.9 Å². The Morgan fingerprint density at radius 1 is 1.23 bits per heavy atom. The molecule has 2 atom stereocenters. The molecule has 2 aromatic rings. The number of fused-ring (bicyclic) bond motifs is 1. The van der Waals surface area contributed by atoms with Gasteiger partial charge in [-0.05, 0) is 54.7 Å². The Morgan fingerprint density at radius 3 is 2.80 bits per heavy atom. The molecule has 2 heterocycles. The second kappa shape index (κ2) is 9.07. The molecule has 30 heavy (non-hydrogen) atoms. The highest BCUT2D eigenvalue weighted by Crippen LogP contribution is 2.33. The van der Waals surface area contributed by atoms with Gasteiger partial charge in [-0.25, -0.2) is 4.39 Å². The molecule has 2 fully saturated rings. The number of aromatic nitrogens is 1. The molecule has 4 rings (SSSR count). The zero-order valence-corrected chi connectivity index (χ0v) is 16.6. The highest BCUT2D eigenvalue weighted by Gasteiger charge is 2.42. The van der Waals surface area contributed by atoms with Crippen LogP contribution in [0.3, 0.4) is 0 Å². The van der Waals surface area contributed by atoms with E-state index in [1.807, 2.05) is 12.1 Å². The Labute approximate surface area is 174 Å². The van der Waals surface area contributed by atoms with E-state index in [2.05, 4.69) is 10.3 Å². The van der Waals surface area contributed by atoms with E-state index >= 15 is 0 Å². The van der Waals surface area contributed by atoms with E-state index in [0.717, 1.165) is 31.2 Å². The van der Waals surface area contributed by atoms with Crippen molar-refractivity contribution in [3.8, 4) is 0 Å². The van der Waals surface area contributed by atoms with Gasteiger partial charge in [-0.15, -0.1) is 0 Å². The standard InChI is InChI=1S/C23H24FN3O3/c24-18-9-7-16(8-10-18)12-21-23(29)27(19-5-1-2-6-20(19)30-21)15-22(28)26-14-17-4-3-11-25-13-17/h3-4,7-13,19-20H,1-2,5-6,14-15H2,(H,26,28)/b21-12+. The number of halogens is 1. The second-order valence-electron chi connectivity index (χ2n) is 7.64. The molecule has 1 aromatic carbocycles.